The normalized spacial score (nSPS) is 35.5. The highest BCUT2D eigenvalue weighted by atomic mass is 31.1. The van der Waals surface area contributed by atoms with Gasteiger partial charge >= 0.3 is 11.9 Å². The standard InChI is InChI=1S/C28H32O4P2/c1-33-19-7-3-5-17(12-19)27(29)31-25-21-14-22(24-16-10-9-15(11-16)23(21)24)26(25)32-28(30)18-6-4-8-20(13-18)34-2/h3-8,12-13,15-16,21-26,33-34H,9-11,14H2,1-2H3. The first-order valence-corrected chi connectivity index (χ1v) is 15.5. The van der Waals surface area contributed by atoms with Gasteiger partial charge < -0.3 is 9.47 Å². The van der Waals surface area contributed by atoms with E-state index in [0.29, 0.717) is 52.0 Å². The van der Waals surface area contributed by atoms with Crippen molar-refractivity contribution < 1.29 is 19.1 Å². The Morgan fingerprint density at radius 3 is 1.65 bits per heavy atom. The minimum Gasteiger partial charge on any atom is -0.455 e. The molecule has 0 spiro atoms. The lowest BCUT2D eigenvalue weighted by Crippen LogP contribution is -2.48. The van der Waals surface area contributed by atoms with Crippen LogP contribution in [0, 0.1) is 35.5 Å². The van der Waals surface area contributed by atoms with E-state index in [1.54, 1.807) is 0 Å². The van der Waals surface area contributed by atoms with Crippen LogP contribution in [0.3, 0.4) is 0 Å². The molecule has 178 valence electrons. The summed E-state index contributed by atoms with van der Waals surface area (Å²) in [6.07, 6.45) is 4.26. The zero-order chi connectivity index (χ0) is 23.4. The monoisotopic (exact) mass is 494 g/mol. The first-order valence-electron chi connectivity index (χ1n) is 12.5. The molecule has 0 amide bonds. The fraction of sp³-hybridized carbons (Fsp3) is 0.500. The second-order valence-corrected chi connectivity index (χ2v) is 12.6. The number of ether oxygens (including phenoxy) is 2. The summed E-state index contributed by atoms with van der Waals surface area (Å²) < 4.78 is 12.5. The number of benzene rings is 2. The number of carbonyl (C=O) groups excluding carboxylic acids is 2. The molecule has 0 aromatic heterocycles. The highest BCUT2D eigenvalue weighted by Gasteiger charge is 2.68. The van der Waals surface area contributed by atoms with E-state index in [2.05, 4.69) is 13.3 Å². The van der Waals surface area contributed by atoms with Crippen LogP contribution in [0.2, 0.25) is 0 Å². The highest BCUT2D eigenvalue weighted by Crippen LogP contribution is 2.68. The molecule has 0 radical (unpaired) electrons. The van der Waals surface area contributed by atoms with Crippen LogP contribution in [0.25, 0.3) is 0 Å². The molecule has 10 unspecified atom stereocenters. The summed E-state index contributed by atoms with van der Waals surface area (Å²) in [4.78, 5) is 26.4. The summed E-state index contributed by atoms with van der Waals surface area (Å²) >= 11 is 0. The quantitative estimate of drug-likeness (QED) is 0.334. The Bertz CT molecular complexity index is 1030. The molecule has 0 N–H and O–H groups in total. The van der Waals surface area contributed by atoms with Crippen molar-refractivity contribution in [2.75, 3.05) is 13.3 Å². The molecule has 10 atom stereocenters. The molecule has 6 heteroatoms. The molecule has 0 heterocycles. The average molecular weight is 495 g/mol. The van der Waals surface area contributed by atoms with E-state index in [0.717, 1.165) is 28.9 Å². The van der Waals surface area contributed by atoms with Crippen LogP contribution in [0.1, 0.15) is 46.4 Å². The van der Waals surface area contributed by atoms with E-state index in [1.165, 1.54) is 19.3 Å². The molecule has 2 aromatic rings. The Hall–Kier alpha value is -1.76. The molecular formula is C28H32O4P2. The van der Waals surface area contributed by atoms with Crippen LogP contribution in [0.5, 0.6) is 0 Å². The van der Waals surface area contributed by atoms with Crippen molar-refractivity contribution in [3.63, 3.8) is 0 Å². The average Bonchev–Trinajstić information content (AvgIpc) is 3.65. The molecule has 4 aliphatic carbocycles. The summed E-state index contributed by atoms with van der Waals surface area (Å²) in [5, 5.41) is 2.30. The number of fused-ring (bicyclic) bond motifs is 9. The van der Waals surface area contributed by atoms with Crippen LogP contribution < -0.4 is 10.6 Å². The zero-order valence-corrected chi connectivity index (χ0v) is 21.7. The van der Waals surface area contributed by atoms with Crippen LogP contribution in [-0.4, -0.2) is 37.5 Å². The predicted molar refractivity (Wildman–Crippen MR) is 138 cm³/mol. The van der Waals surface area contributed by atoms with E-state index in [1.807, 2.05) is 48.5 Å². The topological polar surface area (TPSA) is 52.6 Å². The van der Waals surface area contributed by atoms with Gasteiger partial charge in [-0.1, -0.05) is 41.4 Å². The summed E-state index contributed by atoms with van der Waals surface area (Å²) in [6, 6.07) is 15.5. The zero-order valence-electron chi connectivity index (χ0n) is 19.7. The van der Waals surface area contributed by atoms with Gasteiger partial charge in [0.1, 0.15) is 12.2 Å². The van der Waals surface area contributed by atoms with Gasteiger partial charge in [0.25, 0.3) is 0 Å². The van der Waals surface area contributed by atoms with Crippen LogP contribution in [0.4, 0.5) is 0 Å². The molecule has 0 saturated heterocycles. The van der Waals surface area contributed by atoms with Gasteiger partial charge in [-0.2, -0.15) is 0 Å². The maximum absolute atomic E-state index is 13.2. The fourth-order valence-corrected chi connectivity index (χ4v) is 8.89. The molecule has 0 aliphatic heterocycles. The Labute approximate surface area is 205 Å². The fourth-order valence-electron chi connectivity index (χ4n) is 7.77. The Morgan fingerprint density at radius 2 is 1.21 bits per heavy atom. The predicted octanol–water partition coefficient (Wildman–Crippen LogP) is 4.62. The number of esters is 2. The van der Waals surface area contributed by atoms with Gasteiger partial charge in [-0.05, 0) is 97.6 Å². The van der Waals surface area contributed by atoms with Gasteiger partial charge in [0.2, 0.25) is 0 Å². The lowest BCUT2D eigenvalue weighted by Gasteiger charge is -2.42. The van der Waals surface area contributed by atoms with Crippen LogP contribution >= 0.6 is 17.2 Å². The largest absolute Gasteiger partial charge is 0.455 e. The maximum Gasteiger partial charge on any atom is 0.338 e. The van der Waals surface area contributed by atoms with E-state index in [4.69, 9.17) is 9.47 Å². The van der Waals surface area contributed by atoms with Gasteiger partial charge in [-0.3, -0.25) is 0 Å². The summed E-state index contributed by atoms with van der Waals surface area (Å²) in [5.74, 6) is 2.83. The van der Waals surface area contributed by atoms with Crippen molar-refractivity contribution in [1.82, 2.24) is 0 Å². The minimum atomic E-state index is -0.342. The molecule has 34 heavy (non-hydrogen) atoms. The summed E-state index contributed by atoms with van der Waals surface area (Å²) in [6.45, 7) is 4.22. The van der Waals surface area contributed by atoms with Gasteiger partial charge in [0.15, 0.2) is 0 Å². The number of carbonyl (C=O) groups is 2. The Balaban J connectivity index is 1.27. The van der Waals surface area contributed by atoms with E-state index in [9.17, 15) is 9.59 Å². The molecule has 4 fully saturated rings. The third-order valence-corrected chi connectivity index (χ3v) is 10.8. The van der Waals surface area contributed by atoms with Gasteiger partial charge in [0.05, 0.1) is 11.1 Å². The van der Waals surface area contributed by atoms with Crippen LogP contribution in [0.15, 0.2) is 48.5 Å². The highest BCUT2D eigenvalue weighted by molar-refractivity contribution is 7.46. The van der Waals surface area contributed by atoms with E-state index >= 15 is 0 Å². The second kappa shape index (κ2) is 9.03. The Morgan fingerprint density at radius 1 is 0.735 bits per heavy atom. The van der Waals surface area contributed by atoms with Gasteiger partial charge in [-0.15, -0.1) is 0 Å². The second-order valence-electron chi connectivity index (χ2n) is 10.5. The maximum atomic E-state index is 13.2. The van der Waals surface area contributed by atoms with Crippen molar-refractivity contribution in [1.29, 1.82) is 0 Å². The third kappa shape index (κ3) is 3.73. The van der Waals surface area contributed by atoms with Gasteiger partial charge in [-0.25, -0.2) is 9.59 Å². The van der Waals surface area contributed by atoms with Gasteiger partial charge in [0, 0.05) is 11.8 Å². The lowest BCUT2D eigenvalue weighted by atomic mass is 9.69. The molecule has 4 aliphatic rings. The third-order valence-electron chi connectivity index (χ3n) is 9.01. The molecule has 6 rings (SSSR count). The molecule has 4 nitrogen and oxygen atoms in total. The number of hydrogen-bond acceptors (Lipinski definition) is 4. The van der Waals surface area contributed by atoms with Crippen molar-refractivity contribution in [2.24, 2.45) is 35.5 Å². The number of hydrogen-bond donors (Lipinski definition) is 0. The van der Waals surface area contributed by atoms with E-state index < -0.39 is 0 Å². The molecule has 4 bridgehead atoms. The first kappa shape index (κ1) is 22.7. The van der Waals surface area contributed by atoms with Crippen molar-refractivity contribution >= 4 is 39.7 Å². The van der Waals surface area contributed by atoms with Crippen LogP contribution in [-0.2, 0) is 9.47 Å². The van der Waals surface area contributed by atoms with Crippen molar-refractivity contribution in [3.8, 4) is 0 Å². The first-order chi connectivity index (χ1) is 16.6. The van der Waals surface area contributed by atoms with E-state index in [-0.39, 0.29) is 24.1 Å². The van der Waals surface area contributed by atoms with Crippen molar-refractivity contribution in [3.05, 3.63) is 59.7 Å². The summed E-state index contributed by atoms with van der Waals surface area (Å²) in [5.41, 5.74) is 1.20. The number of rotatable bonds is 6. The molecule has 4 saturated carbocycles. The molecule has 2 aromatic carbocycles. The van der Waals surface area contributed by atoms with Crippen molar-refractivity contribution in [2.45, 2.75) is 37.9 Å². The Kier molecular flexibility index (Phi) is 6.03. The SMILES string of the molecule is CPc1cccc(C(=O)OC2C3CC(C2OC(=O)c2cccc(PC)c2)C2C4CCC(C4)C32)c1. The molecular weight excluding hydrogens is 462 g/mol. The minimum absolute atomic E-state index is 0.285. The summed E-state index contributed by atoms with van der Waals surface area (Å²) in [7, 11) is 1.26. The lowest BCUT2D eigenvalue weighted by molar-refractivity contribution is -0.0891. The smallest absolute Gasteiger partial charge is 0.338 e.